The second kappa shape index (κ2) is 12.3. The van der Waals surface area contributed by atoms with E-state index >= 15 is 0 Å². The van der Waals surface area contributed by atoms with Crippen LogP contribution < -0.4 is 15.5 Å². The maximum absolute atomic E-state index is 14.0. The number of rotatable bonds is 8. The maximum Gasteiger partial charge on any atom is 0.247 e. The molecule has 1 fully saturated rings. The van der Waals surface area contributed by atoms with E-state index in [1.165, 1.54) is 12.1 Å². The van der Waals surface area contributed by atoms with Crippen LogP contribution in [0.2, 0.25) is 0 Å². The fourth-order valence-corrected chi connectivity index (χ4v) is 4.47. The molecule has 4 rings (SSSR count). The quantitative estimate of drug-likeness (QED) is 0.474. The Hall–Kier alpha value is -4.29. The van der Waals surface area contributed by atoms with Gasteiger partial charge >= 0.3 is 0 Å². The van der Waals surface area contributed by atoms with Gasteiger partial charge in [-0.3, -0.25) is 9.59 Å². The molecule has 38 heavy (non-hydrogen) atoms. The van der Waals surface area contributed by atoms with Gasteiger partial charge in [-0.2, -0.15) is 5.26 Å². The summed E-state index contributed by atoms with van der Waals surface area (Å²) in [5, 5.41) is 15.1. The van der Waals surface area contributed by atoms with Gasteiger partial charge in [-0.1, -0.05) is 31.2 Å². The normalized spacial score (nSPS) is 14.9. The molecule has 0 aliphatic carbocycles. The number of amides is 2. The highest BCUT2D eigenvalue weighted by Gasteiger charge is 2.23. The average Bonchev–Trinajstić information content (AvgIpc) is 2.93. The second-order valence-corrected chi connectivity index (χ2v) is 9.42. The van der Waals surface area contributed by atoms with E-state index in [-0.39, 0.29) is 17.7 Å². The Bertz CT molecular complexity index is 1300. The Kier molecular flexibility index (Phi) is 8.66. The molecule has 1 aliphatic rings. The molecule has 0 bridgehead atoms. The number of hydrogen-bond acceptors (Lipinski definition) is 6. The zero-order valence-electron chi connectivity index (χ0n) is 21.5. The van der Waals surface area contributed by atoms with Crippen LogP contribution in [0.5, 0.6) is 0 Å². The van der Waals surface area contributed by atoms with Crippen molar-refractivity contribution < 1.29 is 14.0 Å². The third-order valence-corrected chi connectivity index (χ3v) is 6.77. The Morgan fingerprint density at radius 3 is 2.39 bits per heavy atom. The number of hydrogen-bond donors (Lipinski definition) is 2. The summed E-state index contributed by atoms with van der Waals surface area (Å²) in [6, 6.07) is 18.2. The fourth-order valence-electron chi connectivity index (χ4n) is 4.47. The number of pyridine rings is 1. The summed E-state index contributed by atoms with van der Waals surface area (Å²) < 4.78 is 14.0. The molecule has 1 saturated heterocycles. The van der Waals surface area contributed by atoms with Gasteiger partial charge in [0.1, 0.15) is 17.7 Å². The van der Waals surface area contributed by atoms with Crippen LogP contribution in [0, 0.1) is 17.1 Å². The number of piperazine rings is 1. The first-order valence-corrected chi connectivity index (χ1v) is 12.6. The molecular formula is C29H31FN6O2. The minimum absolute atomic E-state index is 0.0486. The number of benzene rings is 2. The van der Waals surface area contributed by atoms with E-state index in [2.05, 4.69) is 26.6 Å². The number of nitriles is 1. The molecule has 0 radical (unpaired) electrons. The first kappa shape index (κ1) is 26.8. The molecule has 2 atom stereocenters. The van der Waals surface area contributed by atoms with Crippen LogP contribution in [-0.4, -0.2) is 54.4 Å². The van der Waals surface area contributed by atoms with E-state index in [1.54, 1.807) is 43.5 Å². The molecule has 196 valence electrons. The van der Waals surface area contributed by atoms with Crippen LogP contribution in [0.15, 0.2) is 66.9 Å². The van der Waals surface area contributed by atoms with Crippen LogP contribution in [0.25, 0.3) is 0 Å². The van der Waals surface area contributed by atoms with Crippen molar-refractivity contribution in [1.29, 1.82) is 5.26 Å². The van der Waals surface area contributed by atoms with Gasteiger partial charge in [0.05, 0.1) is 23.5 Å². The van der Waals surface area contributed by atoms with Gasteiger partial charge in [0.15, 0.2) is 0 Å². The smallest absolute Gasteiger partial charge is 0.247 e. The first-order valence-electron chi connectivity index (χ1n) is 12.6. The van der Waals surface area contributed by atoms with Gasteiger partial charge in [0, 0.05) is 39.6 Å². The van der Waals surface area contributed by atoms with Crippen molar-refractivity contribution in [3.8, 4) is 6.07 Å². The Labute approximate surface area is 222 Å². The number of aromatic nitrogens is 1. The van der Waals surface area contributed by atoms with E-state index < -0.39 is 11.9 Å². The summed E-state index contributed by atoms with van der Waals surface area (Å²) in [4.78, 5) is 33.3. The highest BCUT2D eigenvalue weighted by atomic mass is 19.1. The minimum Gasteiger partial charge on any atom is -0.367 e. The van der Waals surface area contributed by atoms with Crippen molar-refractivity contribution in [3.05, 3.63) is 89.4 Å². The SMILES string of the molecule is CC(=O)N1CCN(c2ccc(NC(=O)[C@H](NC[C@H](C)c3ccc(C#N)cc3)c3cccc(F)c3)nc2)CC1. The van der Waals surface area contributed by atoms with Crippen LogP contribution in [0.3, 0.4) is 0 Å². The number of nitrogens with one attached hydrogen (secondary N) is 2. The van der Waals surface area contributed by atoms with Crippen molar-refractivity contribution in [3.63, 3.8) is 0 Å². The summed E-state index contributed by atoms with van der Waals surface area (Å²) in [6.07, 6.45) is 1.70. The molecule has 2 aromatic carbocycles. The molecule has 9 heteroatoms. The summed E-state index contributed by atoms with van der Waals surface area (Å²) in [7, 11) is 0. The van der Waals surface area contributed by atoms with Crippen molar-refractivity contribution >= 4 is 23.3 Å². The highest BCUT2D eigenvalue weighted by Crippen LogP contribution is 2.22. The Morgan fingerprint density at radius 1 is 1.05 bits per heavy atom. The van der Waals surface area contributed by atoms with Crippen molar-refractivity contribution in [1.82, 2.24) is 15.2 Å². The summed E-state index contributed by atoms with van der Waals surface area (Å²) in [5.74, 6) is -0.252. The third kappa shape index (κ3) is 6.72. The molecule has 1 aliphatic heterocycles. The van der Waals surface area contributed by atoms with Crippen molar-refractivity contribution in [2.45, 2.75) is 25.8 Å². The van der Waals surface area contributed by atoms with Gasteiger partial charge in [0.2, 0.25) is 11.8 Å². The van der Waals surface area contributed by atoms with Crippen LogP contribution >= 0.6 is 0 Å². The van der Waals surface area contributed by atoms with Crippen LogP contribution in [0.1, 0.15) is 42.5 Å². The zero-order valence-corrected chi connectivity index (χ0v) is 21.5. The lowest BCUT2D eigenvalue weighted by molar-refractivity contribution is -0.129. The third-order valence-electron chi connectivity index (χ3n) is 6.77. The lowest BCUT2D eigenvalue weighted by Crippen LogP contribution is -2.48. The maximum atomic E-state index is 14.0. The first-order chi connectivity index (χ1) is 18.3. The molecule has 0 saturated carbocycles. The highest BCUT2D eigenvalue weighted by molar-refractivity contribution is 5.94. The summed E-state index contributed by atoms with van der Waals surface area (Å²) >= 11 is 0. The van der Waals surface area contributed by atoms with Gasteiger partial charge < -0.3 is 20.4 Å². The average molecular weight is 515 g/mol. The van der Waals surface area contributed by atoms with E-state index in [9.17, 15) is 14.0 Å². The standard InChI is InChI=1S/C29H31FN6O2/c1-20(23-8-6-22(17-31)7-9-23)18-33-28(24-4-3-5-25(30)16-24)29(38)34-27-11-10-26(19-32-27)36-14-12-35(13-15-36)21(2)37/h3-11,16,19-20,28,33H,12-15,18H2,1-2H3,(H,32,34,38)/t20-,28+/m0/s1. The number of carbonyl (C=O) groups excluding carboxylic acids is 2. The van der Waals surface area contributed by atoms with Gasteiger partial charge in [0.25, 0.3) is 0 Å². The van der Waals surface area contributed by atoms with E-state index in [0.29, 0.717) is 36.6 Å². The number of nitrogens with zero attached hydrogens (tertiary/aromatic N) is 4. The van der Waals surface area contributed by atoms with E-state index in [4.69, 9.17) is 5.26 Å². The second-order valence-electron chi connectivity index (χ2n) is 9.42. The summed E-state index contributed by atoms with van der Waals surface area (Å²) in [6.45, 7) is 6.82. The van der Waals surface area contributed by atoms with Crippen molar-refractivity contribution in [2.24, 2.45) is 0 Å². The monoisotopic (exact) mass is 514 g/mol. The molecule has 2 amide bonds. The molecule has 0 unspecified atom stereocenters. The van der Waals surface area contributed by atoms with Gasteiger partial charge in [-0.15, -0.1) is 0 Å². The lowest BCUT2D eigenvalue weighted by Gasteiger charge is -2.35. The predicted molar refractivity (Wildman–Crippen MR) is 144 cm³/mol. The van der Waals surface area contributed by atoms with Gasteiger partial charge in [-0.05, 0) is 53.4 Å². The molecule has 0 spiro atoms. The molecule has 3 aromatic rings. The zero-order chi connectivity index (χ0) is 27.1. The summed E-state index contributed by atoms with van der Waals surface area (Å²) in [5.41, 5.74) is 3.04. The minimum atomic E-state index is -0.798. The van der Waals surface area contributed by atoms with E-state index in [1.807, 2.05) is 30.0 Å². The Morgan fingerprint density at radius 2 is 1.79 bits per heavy atom. The molecule has 2 heterocycles. The topological polar surface area (TPSA) is 101 Å². The molecule has 1 aromatic heterocycles. The largest absolute Gasteiger partial charge is 0.367 e. The van der Waals surface area contributed by atoms with Crippen molar-refractivity contribution in [2.75, 3.05) is 42.9 Å². The van der Waals surface area contributed by atoms with Crippen LogP contribution in [0.4, 0.5) is 15.9 Å². The molecular weight excluding hydrogens is 483 g/mol. The number of halogens is 1. The molecule has 8 nitrogen and oxygen atoms in total. The Balaban J connectivity index is 1.42. The molecule has 2 N–H and O–H groups in total. The predicted octanol–water partition coefficient (Wildman–Crippen LogP) is 3.83. The number of anilines is 2. The lowest BCUT2D eigenvalue weighted by atomic mass is 9.98. The number of carbonyl (C=O) groups is 2. The van der Waals surface area contributed by atoms with Gasteiger partial charge in [-0.25, -0.2) is 9.37 Å². The van der Waals surface area contributed by atoms with Crippen LogP contribution in [-0.2, 0) is 9.59 Å². The fraction of sp³-hybridized carbons (Fsp3) is 0.310. The van der Waals surface area contributed by atoms with E-state index in [0.717, 1.165) is 24.3 Å².